The Morgan fingerprint density at radius 2 is 2.40 bits per heavy atom. The molecule has 0 unspecified atom stereocenters. The zero-order chi connectivity index (χ0) is 14.5. The average Bonchev–Trinajstić information content (AvgIpc) is 3.04. The number of aryl methyl sites for hydroxylation is 2. The van der Waals surface area contributed by atoms with Gasteiger partial charge in [-0.3, -0.25) is 0 Å². The SMILES string of the molecule is C[C@@H](CCc1cccn1C)NC(=O)N1CCC[C@H]1CO. The van der Waals surface area contributed by atoms with Crippen molar-refractivity contribution in [2.24, 2.45) is 7.05 Å². The molecular formula is C15H25N3O2. The molecule has 0 saturated carbocycles. The van der Waals surface area contributed by atoms with Crippen molar-refractivity contribution in [3.8, 4) is 0 Å². The third-order valence-electron chi connectivity index (χ3n) is 4.10. The second kappa shape index (κ2) is 6.79. The van der Waals surface area contributed by atoms with E-state index in [0.29, 0.717) is 0 Å². The lowest BCUT2D eigenvalue weighted by Gasteiger charge is -2.25. The van der Waals surface area contributed by atoms with Gasteiger partial charge in [-0.15, -0.1) is 0 Å². The molecule has 0 bridgehead atoms. The minimum Gasteiger partial charge on any atom is -0.394 e. The lowest BCUT2D eigenvalue weighted by molar-refractivity contribution is 0.154. The molecule has 5 heteroatoms. The Balaban J connectivity index is 1.78. The largest absolute Gasteiger partial charge is 0.394 e. The van der Waals surface area contributed by atoms with Crippen LogP contribution in [0.4, 0.5) is 4.79 Å². The van der Waals surface area contributed by atoms with Crippen LogP contribution in [-0.4, -0.2) is 45.8 Å². The molecule has 5 nitrogen and oxygen atoms in total. The van der Waals surface area contributed by atoms with Gasteiger partial charge < -0.3 is 19.9 Å². The van der Waals surface area contributed by atoms with Gasteiger partial charge in [0, 0.05) is 31.5 Å². The summed E-state index contributed by atoms with van der Waals surface area (Å²) in [5.74, 6) is 0. The van der Waals surface area contributed by atoms with Crippen LogP contribution in [0.3, 0.4) is 0 Å². The molecule has 1 aliphatic rings. The first-order valence-electron chi connectivity index (χ1n) is 7.40. The molecule has 112 valence electrons. The third-order valence-corrected chi connectivity index (χ3v) is 4.10. The molecule has 1 fully saturated rings. The molecule has 2 heterocycles. The van der Waals surface area contributed by atoms with Crippen molar-refractivity contribution in [3.63, 3.8) is 0 Å². The van der Waals surface area contributed by atoms with Gasteiger partial charge in [0.1, 0.15) is 0 Å². The number of rotatable bonds is 5. The topological polar surface area (TPSA) is 57.5 Å². The number of aliphatic hydroxyl groups is 1. The standard InChI is InChI=1S/C15H25N3O2/c1-12(7-8-13-5-3-9-17(13)2)16-15(20)18-10-4-6-14(18)11-19/h3,5,9,12,14,19H,4,6-8,10-11H2,1-2H3,(H,16,20)/t12-,14-/m0/s1. The zero-order valence-corrected chi connectivity index (χ0v) is 12.4. The Morgan fingerprint density at radius 1 is 1.60 bits per heavy atom. The van der Waals surface area contributed by atoms with E-state index in [9.17, 15) is 9.90 Å². The second-order valence-corrected chi connectivity index (χ2v) is 5.67. The summed E-state index contributed by atoms with van der Waals surface area (Å²) in [6, 6.07) is 4.24. The van der Waals surface area contributed by atoms with E-state index in [1.165, 1.54) is 5.69 Å². The highest BCUT2D eigenvalue weighted by atomic mass is 16.3. The van der Waals surface area contributed by atoms with E-state index in [1.54, 1.807) is 4.90 Å². The molecule has 0 aromatic carbocycles. The normalized spacial score (nSPS) is 20.1. The van der Waals surface area contributed by atoms with Gasteiger partial charge in [0.15, 0.2) is 0 Å². The predicted molar refractivity (Wildman–Crippen MR) is 78.5 cm³/mol. The number of hydrogen-bond acceptors (Lipinski definition) is 2. The fourth-order valence-corrected chi connectivity index (χ4v) is 2.78. The maximum atomic E-state index is 12.2. The molecule has 0 aliphatic carbocycles. The summed E-state index contributed by atoms with van der Waals surface area (Å²) in [6.45, 7) is 2.84. The van der Waals surface area contributed by atoms with Crippen LogP contribution in [-0.2, 0) is 13.5 Å². The highest BCUT2D eigenvalue weighted by Crippen LogP contribution is 2.16. The maximum absolute atomic E-state index is 12.2. The Kier molecular flexibility index (Phi) is 5.06. The number of amides is 2. The van der Waals surface area contributed by atoms with Gasteiger partial charge >= 0.3 is 6.03 Å². The molecule has 0 spiro atoms. The van der Waals surface area contributed by atoms with Crippen LogP contribution in [0.5, 0.6) is 0 Å². The van der Waals surface area contributed by atoms with E-state index >= 15 is 0 Å². The van der Waals surface area contributed by atoms with Gasteiger partial charge in [-0.25, -0.2) is 4.79 Å². The highest BCUT2D eigenvalue weighted by molar-refractivity contribution is 5.75. The number of aromatic nitrogens is 1. The van der Waals surface area contributed by atoms with Crippen molar-refractivity contribution >= 4 is 6.03 Å². The zero-order valence-electron chi connectivity index (χ0n) is 12.4. The molecule has 1 aromatic heterocycles. The number of aliphatic hydroxyl groups excluding tert-OH is 1. The number of carbonyl (C=O) groups excluding carboxylic acids is 1. The summed E-state index contributed by atoms with van der Waals surface area (Å²) in [5.41, 5.74) is 1.28. The summed E-state index contributed by atoms with van der Waals surface area (Å²) in [4.78, 5) is 13.9. The third kappa shape index (κ3) is 3.54. The summed E-state index contributed by atoms with van der Waals surface area (Å²) in [5, 5.41) is 12.3. The predicted octanol–water partition coefficient (Wildman–Crippen LogP) is 1.51. The van der Waals surface area contributed by atoms with Gasteiger partial charge in [0.2, 0.25) is 0 Å². The number of nitrogens with one attached hydrogen (secondary N) is 1. The number of urea groups is 1. The van der Waals surface area contributed by atoms with Gasteiger partial charge in [0.05, 0.1) is 12.6 Å². The van der Waals surface area contributed by atoms with Crippen molar-refractivity contribution in [2.75, 3.05) is 13.2 Å². The lowest BCUT2D eigenvalue weighted by atomic mass is 10.1. The summed E-state index contributed by atoms with van der Waals surface area (Å²) in [7, 11) is 2.04. The lowest BCUT2D eigenvalue weighted by Crippen LogP contribution is -2.47. The summed E-state index contributed by atoms with van der Waals surface area (Å²) < 4.78 is 2.11. The van der Waals surface area contributed by atoms with E-state index in [2.05, 4.69) is 16.0 Å². The molecule has 1 aliphatic heterocycles. The van der Waals surface area contributed by atoms with E-state index < -0.39 is 0 Å². The maximum Gasteiger partial charge on any atom is 0.317 e. The van der Waals surface area contributed by atoms with Gasteiger partial charge in [-0.05, 0) is 44.7 Å². The molecule has 20 heavy (non-hydrogen) atoms. The van der Waals surface area contributed by atoms with E-state index in [1.807, 2.05) is 26.2 Å². The first-order chi connectivity index (χ1) is 9.61. The molecule has 0 radical (unpaired) electrons. The van der Waals surface area contributed by atoms with Crippen LogP contribution in [0.2, 0.25) is 0 Å². The number of likely N-dealkylation sites (tertiary alicyclic amines) is 1. The van der Waals surface area contributed by atoms with Gasteiger partial charge in [-0.2, -0.15) is 0 Å². The van der Waals surface area contributed by atoms with Crippen LogP contribution in [0.25, 0.3) is 0 Å². The van der Waals surface area contributed by atoms with Crippen LogP contribution >= 0.6 is 0 Å². The Hall–Kier alpha value is -1.49. The fraction of sp³-hybridized carbons (Fsp3) is 0.667. The summed E-state index contributed by atoms with van der Waals surface area (Å²) in [6.07, 6.45) is 5.79. The van der Waals surface area contributed by atoms with Crippen molar-refractivity contribution in [1.29, 1.82) is 0 Å². The molecule has 2 atom stereocenters. The van der Waals surface area contributed by atoms with Gasteiger partial charge in [0.25, 0.3) is 0 Å². The average molecular weight is 279 g/mol. The second-order valence-electron chi connectivity index (χ2n) is 5.67. The Labute approximate surface area is 120 Å². The molecule has 1 saturated heterocycles. The quantitative estimate of drug-likeness (QED) is 0.858. The van der Waals surface area contributed by atoms with Crippen molar-refractivity contribution in [3.05, 3.63) is 24.0 Å². The van der Waals surface area contributed by atoms with Crippen LogP contribution in [0, 0.1) is 0 Å². The minimum absolute atomic E-state index is 0.00456. The smallest absolute Gasteiger partial charge is 0.317 e. The molecule has 2 rings (SSSR count). The van der Waals surface area contributed by atoms with Crippen LogP contribution in [0.1, 0.15) is 31.9 Å². The van der Waals surface area contributed by atoms with Crippen molar-refractivity contribution in [1.82, 2.24) is 14.8 Å². The molecule has 1 aromatic rings. The van der Waals surface area contributed by atoms with E-state index in [0.717, 1.165) is 32.2 Å². The fourth-order valence-electron chi connectivity index (χ4n) is 2.78. The van der Waals surface area contributed by atoms with E-state index in [-0.39, 0.29) is 24.7 Å². The molecular weight excluding hydrogens is 254 g/mol. The Morgan fingerprint density at radius 3 is 3.05 bits per heavy atom. The monoisotopic (exact) mass is 279 g/mol. The summed E-state index contributed by atoms with van der Waals surface area (Å²) >= 11 is 0. The number of hydrogen-bond donors (Lipinski definition) is 2. The minimum atomic E-state index is -0.0408. The van der Waals surface area contributed by atoms with Gasteiger partial charge in [-0.1, -0.05) is 0 Å². The number of carbonyl (C=O) groups is 1. The Bertz CT molecular complexity index is 444. The molecule has 2 N–H and O–H groups in total. The van der Waals surface area contributed by atoms with Crippen molar-refractivity contribution in [2.45, 2.75) is 44.7 Å². The van der Waals surface area contributed by atoms with E-state index in [4.69, 9.17) is 0 Å². The number of nitrogens with zero attached hydrogens (tertiary/aromatic N) is 2. The van der Waals surface area contributed by atoms with Crippen LogP contribution < -0.4 is 5.32 Å². The highest BCUT2D eigenvalue weighted by Gasteiger charge is 2.28. The van der Waals surface area contributed by atoms with Crippen molar-refractivity contribution < 1.29 is 9.90 Å². The first kappa shape index (κ1) is 14.9. The first-order valence-corrected chi connectivity index (χ1v) is 7.40. The molecule has 2 amide bonds. The van der Waals surface area contributed by atoms with Crippen LogP contribution in [0.15, 0.2) is 18.3 Å².